The molecule has 120 valence electrons. The zero-order valence-electron chi connectivity index (χ0n) is 12.7. The number of nitrogens with one attached hydrogen (secondary N) is 1. The van der Waals surface area contributed by atoms with Gasteiger partial charge in [-0.25, -0.2) is 4.39 Å². The van der Waals surface area contributed by atoms with Crippen molar-refractivity contribution in [2.45, 2.75) is 25.0 Å². The number of carbonyl (C=O) groups is 1. The van der Waals surface area contributed by atoms with E-state index in [-0.39, 0.29) is 23.8 Å². The normalized spacial score (nSPS) is 21.0. The Morgan fingerprint density at radius 3 is 2.96 bits per heavy atom. The van der Waals surface area contributed by atoms with Crippen LogP contribution in [-0.4, -0.2) is 28.9 Å². The molecule has 1 fully saturated rings. The molecule has 23 heavy (non-hydrogen) atoms. The molecule has 2 aromatic rings. The van der Waals surface area contributed by atoms with Gasteiger partial charge in [-0.1, -0.05) is 23.7 Å². The van der Waals surface area contributed by atoms with Gasteiger partial charge >= 0.3 is 0 Å². The van der Waals surface area contributed by atoms with Crippen LogP contribution in [0.4, 0.5) is 4.39 Å². The van der Waals surface area contributed by atoms with E-state index < -0.39 is 0 Å². The number of amides is 1. The van der Waals surface area contributed by atoms with Gasteiger partial charge in [-0.3, -0.25) is 9.78 Å². The van der Waals surface area contributed by atoms with Crippen LogP contribution in [0.3, 0.4) is 0 Å². The molecule has 4 nitrogen and oxygen atoms in total. The zero-order chi connectivity index (χ0) is 16.4. The van der Waals surface area contributed by atoms with Crippen molar-refractivity contribution >= 4 is 17.5 Å². The summed E-state index contributed by atoms with van der Waals surface area (Å²) in [6, 6.07) is 8.04. The standard InChI is InChI=1S/C17H17ClFN3O/c1-22-16(23)8-15(17(22)12-3-2-6-20-9-12)21-10-11-4-5-13(19)7-14(11)18/h2-7,9,15,17,21H,8,10H2,1H3/t15-,17+/m1/s1. The molecule has 1 aromatic carbocycles. The molecular formula is C17H17ClFN3O. The Labute approximate surface area is 139 Å². The van der Waals surface area contributed by atoms with Crippen molar-refractivity contribution in [1.82, 2.24) is 15.2 Å². The first-order valence-electron chi connectivity index (χ1n) is 7.39. The van der Waals surface area contributed by atoms with Crippen LogP contribution >= 0.6 is 11.6 Å². The molecule has 2 atom stereocenters. The van der Waals surface area contributed by atoms with Crippen molar-refractivity contribution in [3.63, 3.8) is 0 Å². The molecule has 1 N–H and O–H groups in total. The van der Waals surface area contributed by atoms with Gasteiger partial charge in [0, 0.05) is 43.5 Å². The van der Waals surface area contributed by atoms with Gasteiger partial charge in [0.05, 0.1) is 6.04 Å². The number of likely N-dealkylation sites (tertiary alicyclic amines) is 1. The fourth-order valence-corrected chi connectivity index (χ4v) is 3.20. The Hall–Kier alpha value is -1.98. The lowest BCUT2D eigenvalue weighted by molar-refractivity contribution is -0.127. The fraction of sp³-hybridized carbons (Fsp3) is 0.294. The van der Waals surface area contributed by atoms with Crippen LogP contribution in [0.2, 0.25) is 5.02 Å². The van der Waals surface area contributed by atoms with Gasteiger partial charge in [0.15, 0.2) is 0 Å². The smallest absolute Gasteiger partial charge is 0.224 e. The van der Waals surface area contributed by atoms with E-state index in [2.05, 4.69) is 10.3 Å². The molecule has 1 aliphatic heterocycles. The van der Waals surface area contributed by atoms with Gasteiger partial charge in [0.25, 0.3) is 0 Å². The zero-order valence-corrected chi connectivity index (χ0v) is 13.4. The lowest BCUT2D eigenvalue weighted by atomic mass is 10.0. The van der Waals surface area contributed by atoms with Gasteiger partial charge < -0.3 is 10.2 Å². The van der Waals surface area contributed by atoms with E-state index in [1.165, 1.54) is 12.1 Å². The van der Waals surface area contributed by atoms with Crippen molar-refractivity contribution in [3.05, 3.63) is 64.7 Å². The summed E-state index contributed by atoms with van der Waals surface area (Å²) < 4.78 is 13.1. The summed E-state index contributed by atoms with van der Waals surface area (Å²) in [6.45, 7) is 0.474. The van der Waals surface area contributed by atoms with Crippen LogP contribution in [0.25, 0.3) is 0 Å². The topological polar surface area (TPSA) is 45.2 Å². The predicted molar refractivity (Wildman–Crippen MR) is 86.4 cm³/mol. The van der Waals surface area contributed by atoms with Crippen LogP contribution in [0.15, 0.2) is 42.7 Å². The quantitative estimate of drug-likeness (QED) is 0.935. The summed E-state index contributed by atoms with van der Waals surface area (Å²) in [4.78, 5) is 18.0. The summed E-state index contributed by atoms with van der Waals surface area (Å²) in [5.74, 6) is -0.274. The summed E-state index contributed by atoms with van der Waals surface area (Å²) in [7, 11) is 1.80. The molecule has 0 bridgehead atoms. The summed E-state index contributed by atoms with van der Waals surface area (Å²) in [5.41, 5.74) is 1.79. The largest absolute Gasteiger partial charge is 0.337 e. The minimum absolute atomic E-state index is 0.0437. The molecule has 0 aliphatic carbocycles. The second-order valence-electron chi connectivity index (χ2n) is 5.66. The number of halogens is 2. The summed E-state index contributed by atoms with van der Waals surface area (Å²) in [5, 5.41) is 3.75. The van der Waals surface area contributed by atoms with Gasteiger partial charge in [-0.2, -0.15) is 0 Å². The Bertz CT molecular complexity index is 710. The molecule has 6 heteroatoms. The first-order chi connectivity index (χ1) is 11.1. The minimum atomic E-state index is -0.359. The fourth-order valence-electron chi connectivity index (χ4n) is 2.97. The molecule has 1 aromatic heterocycles. The highest BCUT2D eigenvalue weighted by Crippen LogP contribution is 2.31. The lowest BCUT2D eigenvalue weighted by Crippen LogP contribution is -2.34. The monoisotopic (exact) mass is 333 g/mol. The number of carbonyl (C=O) groups excluding carboxylic acids is 1. The predicted octanol–water partition coefficient (Wildman–Crippen LogP) is 2.94. The molecule has 2 heterocycles. The van der Waals surface area contributed by atoms with Crippen LogP contribution in [0.1, 0.15) is 23.6 Å². The lowest BCUT2D eigenvalue weighted by Gasteiger charge is -2.26. The van der Waals surface area contributed by atoms with Crippen molar-refractivity contribution < 1.29 is 9.18 Å². The van der Waals surface area contributed by atoms with Crippen LogP contribution in [0, 0.1) is 5.82 Å². The maximum atomic E-state index is 13.1. The number of benzene rings is 1. The van der Waals surface area contributed by atoms with Gasteiger partial charge in [0.2, 0.25) is 5.91 Å². The molecule has 1 saturated heterocycles. The Morgan fingerprint density at radius 1 is 1.43 bits per heavy atom. The molecule has 1 amide bonds. The molecule has 0 saturated carbocycles. The minimum Gasteiger partial charge on any atom is -0.337 e. The Balaban J connectivity index is 1.76. The van der Waals surface area contributed by atoms with Gasteiger partial charge in [-0.15, -0.1) is 0 Å². The van der Waals surface area contributed by atoms with Gasteiger partial charge in [0.1, 0.15) is 5.82 Å². The highest BCUT2D eigenvalue weighted by atomic mass is 35.5. The SMILES string of the molecule is CN1C(=O)C[C@@H](NCc2ccc(F)cc2Cl)[C@@H]1c1cccnc1. The second kappa shape index (κ2) is 6.64. The van der Waals surface area contributed by atoms with Crippen LogP contribution in [0.5, 0.6) is 0 Å². The van der Waals surface area contributed by atoms with Crippen molar-refractivity contribution in [1.29, 1.82) is 0 Å². The number of pyridine rings is 1. The maximum absolute atomic E-state index is 13.1. The summed E-state index contributed by atoms with van der Waals surface area (Å²) >= 11 is 6.06. The van der Waals surface area contributed by atoms with E-state index in [1.54, 1.807) is 30.4 Å². The van der Waals surface area contributed by atoms with Crippen LogP contribution < -0.4 is 5.32 Å². The third-order valence-electron chi connectivity index (χ3n) is 4.18. The van der Waals surface area contributed by atoms with E-state index in [4.69, 9.17) is 11.6 Å². The average molecular weight is 334 g/mol. The van der Waals surface area contributed by atoms with E-state index in [0.29, 0.717) is 18.0 Å². The van der Waals surface area contributed by atoms with Crippen molar-refractivity contribution in [2.24, 2.45) is 0 Å². The van der Waals surface area contributed by atoms with E-state index in [1.807, 2.05) is 12.1 Å². The molecular weight excluding hydrogens is 317 g/mol. The molecule has 0 spiro atoms. The number of hydrogen-bond acceptors (Lipinski definition) is 3. The number of likely N-dealkylation sites (N-methyl/N-ethyl adjacent to an activating group) is 1. The molecule has 3 rings (SSSR count). The summed E-state index contributed by atoms with van der Waals surface area (Å²) in [6.07, 6.45) is 3.90. The van der Waals surface area contributed by atoms with E-state index in [9.17, 15) is 9.18 Å². The number of aromatic nitrogens is 1. The highest BCUT2D eigenvalue weighted by molar-refractivity contribution is 6.31. The first-order valence-corrected chi connectivity index (χ1v) is 7.77. The Morgan fingerprint density at radius 2 is 2.26 bits per heavy atom. The highest BCUT2D eigenvalue weighted by Gasteiger charge is 2.38. The van der Waals surface area contributed by atoms with Crippen LogP contribution in [-0.2, 0) is 11.3 Å². The maximum Gasteiger partial charge on any atom is 0.224 e. The molecule has 0 radical (unpaired) electrons. The first kappa shape index (κ1) is 15.9. The number of nitrogens with zero attached hydrogens (tertiary/aromatic N) is 2. The number of rotatable bonds is 4. The van der Waals surface area contributed by atoms with Crippen molar-refractivity contribution in [3.8, 4) is 0 Å². The second-order valence-corrected chi connectivity index (χ2v) is 6.07. The third kappa shape index (κ3) is 3.35. The number of hydrogen-bond donors (Lipinski definition) is 1. The average Bonchev–Trinajstić information content (AvgIpc) is 2.82. The molecule has 0 unspecified atom stereocenters. The van der Waals surface area contributed by atoms with E-state index >= 15 is 0 Å². The Kier molecular flexibility index (Phi) is 4.59. The van der Waals surface area contributed by atoms with Crippen molar-refractivity contribution in [2.75, 3.05) is 7.05 Å². The van der Waals surface area contributed by atoms with Gasteiger partial charge in [-0.05, 0) is 29.3 Å². The molecule has 1 aliphatic rings. The van der Waals surface area contributed by atoms with E-state index in [0.717, 1.165) is 11.1 Å². The third-order valence-corrected chi connectivity index (χ3v) is 4.53.